The summed E-state index contributed by atoms with van der Waals surface area (Å²) in [6.45, 7) is 8.19. The predicted octanol–water partition coefficient (Wildman–Crippen LogP) is 5.24. The number of nitrogens with zero attached hydrogens (tertiary/aromatic N) is 1. The van der Waals surface area contributed by atoms with Crippen LogP contribution in [0.15, 0.2) is 78.9 Å². The van der Waals surface area contributed by atoms with Gasteiger partial charge in [-0.3, -0.25) is 9.59 Å². The monoisotopic (exact) mass is 472 g/mol. The van der Waals surface area contributed by atoms with Gasteiger partial charge in [-0.1, -0.05) is 79.2 Å². The Morgan fingerprint density at radius 3 is 2.26 bits per heavy atom. The number of hydrogen-bond acceptors (Lipinski definition) is 3. The molecule has 0 heterocycles. The minimum atomic E-state index is -0.665. The van der Waals surface area contributed by atoms with Crippen LogP contribution in [0.1, 0.15) is 42.5 Å². The van der Waals surface area contributed by atoms with Crippen LogP contribution in [-0.4, -0.2) is 35.4 Å². The average Bonchev–Trinajstić information content (AvgIpc) is 2.86. The van der Waals surface area contributed by atoms with Crippen molar-refractivity contribution in [3.05, 3.63) is 101 Å². The Bertz CT molecular complexity index is 1100. The van der Waals surface area contributed by atoms with Gasteiger partial charge in [-0.05, 0) is 56.0 Å². The lowest BCUT2D eigenvalue weighted by molar-refractivity contribution is -0.143. The number of ether oxygens (including phenoxy) is 1. The summed E-state index contributed by atoms with van der Waals surface area (Å²) in [6, 6.07) is 24.8. The first-order valence-electron chi connectivity index (χ1n) is 12.2. The third kappa shape index (κ3) is 7.99. The van der Waals surface area contributed by atoms with E-state index in [1.54, 1.807) is 4.90 Å². The van der Waals surface area contributed by atoms with Gasteiger partial charge in [0, 0.05) is 19.0 Å². The molecule has 2 amide bonds. The first-order valence-corrected chi connectivity index (χ1v) is 12.2. The summed E-state index contributed by atoms with van der Waals surface area (Å²) in [5.74, 6) is 0.254. The normalized spacial score (nSPS) is 12.5. The Kier molecular flexibility index (Phi) is 9.47. The van der Waals surface area contributed by atoms with Crippen molar-refractivity contribution in [1.29, 1.82) is 0 Å². The Morgan fingerprint density at radius 2 is 1.60 bits per heavy atom. The van der Waals surface area contributed by atoms with Gasteiger partial charge in [0.05, 0.1) is 0 Å². The number of aryl methyl sites for hydroxylation is 2. The zero-order chi connectivity index (χ0) is 25.2. The topological polar surface area (TPSA) is 58.6 Å². The molecular formula is C30H36N2O3. The summed E-state index contributed by atoms with van der Waals surface area (Å²) in [6.07, 6.45) is 1.23. The van der Waals surface area contributed by atoms with Crippen LogP contribution in [0, 0.1) is 13.8 Å². The second kappa shape index (κ2) is 12.7. The predicted molar refractivity (Wildman–Crippen MR) is 140 cm³/mol. The van der Waals surface area contributed by atoms with Crippen molar-refractivity contribution >= 4 is 11.8 Å². The van der Waals surface area contributed by atoms with Crippen LogP contribution in [0.3, 0.4) is 0 Å². The van der Waals surface area contributed by atoms with Crippen molar-refractivity contribution < 1.29 is 14.3 Å². The highest BCUT2D eigenvalue weighted by Gasteiger charge is 2.31. The fraction of sp³-hybridized carbons (Fsp3) is 0.333. The average molecular weight is 473 g/mol. The van der Waals surface area contributed by atoms with E-state index in [4.69, 9.17) is 4.74 Å². The summed E-state index contributed by atoms with van der Waals surface area (Å²) < 4.78 is 5.85. The number of rotatable bonds is 11. The maximum Gasteiger partial charge on any atom is 0.261 e. The second-order valence-electron chi connectivity index (χ2n) is 9.14. The molecule has 0 aliphatic carbocycles. The molecule has 0 aliphatic rings. The molecular weight excluding hydrogens is 436 g/mol. The molecule has 0 aromatic heterocycles. The molecule has 0 radical (unpaired) electrons. The van der Waals surface area contributed by atoms with Crippen LogP contribution in [0.25, 0.3) is 0 Å². The maximum atomic E-state index is 13.6. The molecule has 5 heteroatoms. The molecule has 0 saturated carbocycles. The Balaban J connectivity index is 1.90. The fourth-order valence-electron chi connectivity index (χ4n) is 3.82. The molecule has 1 N–H and O–H groups in total. The first-order chi connectivity index (χ1) is 16.9. The third-order valence-corrected chi connectivity index (χ3v) is 6.10. The third-order valence-electron chi connectivity index (χ3n) is 6.10. The summed E-state index contributed by atoms with van der Waals surface area (Å²) in [5, 5.41) is 3.09. The quantitative estimate of drug-likeness (QED) is 0.415. The molecule has 5 nitrogen and oxygen atoms in total. The highest BCUT2D eigenvalue weighted by Crippen LogP contribution is 2.17. The minimum absolute atomic E-state index is 0.0145. The van der Waals surface area contributed by atoms with Crippen molar-refractivity contribution in [3.63, 3.8) is 0 Å². The zero-order valence-electron chi connectivity index (χ0n) is 21.2. The Morgan fingerprint density at radius 1 is 0.886 bits per heavy atom. The maximum absolute atomic E-state index is 13.6. The molecule has 184 valence electrons. The smallest absolute Gasteiger partial charge is 0.261 e. The molecule has 0 bridgehead atoms. The zero-order valence-corrected chi connectivity index (χ0v) is 21.2. The molecule has 3 aromatic carbocycles. The fourth-order valence-corrected chi connectivity index (χ4v) is 3.82. The number of amides is 2. The molecule has 3 rings (SSSR count). The van der Waals surface area contributed by atoms with E-state index < -0.39 is 6.04 Å². The minimum Gasteiger partial charge on any atom is -0.484 e. The molecule has 0 unspecified atom stereocenters. The Hall–Kier alpha value is -3.60. The first kappa shape index (κ1) is 26.0. The number of nitrogens with one attached hydrogen (secondary N) is 1. The summed E-state index contributed by atoms with van der Waals surface area (Å²) >= 11 is 0. The number of hydrogen-bond donors (Lipinski definition) is 1. The summed E-state index contributed by atoms with van der Waals surface area (Å²) in [5.41, 5.74) is 4.16. The number of carbonyl (C=O) groups is 2. The van der Waals surface area contributed by atoms with Gasteiger partial charge in [0.25, 0.3) is 5.91 Å². The molecule has 0 saturated heterocycles. The highest BCUT2D eigenvalue weighted by atomic mass is 16.5. The van der Waals surface area contributed by atoms with E-state index in [0.717, 1.165) is 28.7 Å². The number of carbonyl (C=O) groups excluding carboxylic acids is 2. The lowest BCUT2D eigenvalue weighted by atomic mass is 10.0. The SMILES string of the molecule is CC[C@@H](C)NC(=O)[C@H](Cc1ccccc1)N(Cc1ccc(C)cc1)C(=O)COc1cccc(C)c1. The molecule has 0 aliphatic heterocycles. The van der Waals surface area contributed by atoms with Gasteiger partial charge in [0.15, 0.2) is 6.61 Å². The van der Waals surface area contributed by atoms with Crippen molar-refractivity contribution in [1.82, 2.24) is 10.2 Å². The van der Waals surface area contributed by atoms with E-state index >= 15 is 0 Å². The number of benzene rings is 3. The van der Waals surface area contributed by atoms with E-state index in [0.29, 0.717) is 18.7 Å². The van der Waals surface area contributed by atoms with Crippen LogP contribution < -0.4 is 10.1 Å². The molecule has 0 fully saturated rings. The highest BCUT2D eigenvalue weighted by molar-refractivity contribution is 5.88. The largest absolute Gasteiger partial charge is 0.484 e. The second-order valence-corrected chi connectivity index (χ2v) is 9.14. The van der Waals surface area contributed by atoms with Crippen LogP contribution in [0.2, 0.25) is 0 Å². The van der Waals surface area contributed by atoms with Gasteiger partial charge < -0.3 is 15.0 Å². The van der Waals surface area contributed by atoms with Crippen molar-refractivity contribution in [2.45, 2.75) is 59.2 Å². The summed E-state index contributed by atoms with van der Waals surface area (Å²) in [4.78, 5) is 28.7. The van der Waals surface area contributed by atoms with E-state index in [1.165, 1.54) is 0 Å². The van der Waals surface area contributed by atoms with Gasteiger partial charge in [0.2, 0.25) is 5.91 Å². The van der Waals surface area contributed by atoms with E-state index in [1.807, 2.05) is 107 Å². The van der Waals surface area contributed by atoms with Crippen LogP contribution in [-0.2, 0) is 22.6 Å². The van der Waals surface area contributed by atoms with Gasteiger partial charge in [0.1, 0.15) is 11.8 Å². The Labute approximate surface area is 209 Å². The molecule has 35 heavy (non-hydrogen) atoms. The van der Waals surface area contributed by atoms with Gasteiger partial charge in [-0.2, -0.15) is 0 Å². The van der Waals surface area contributed by atoms with Gasteiger partial charge in [-0.25, -0.2) is 0 Å². The van der Waals surface area contributed by atoms with E-state index in [9.17, 15) is 9.59 Å². The molecule has 3 aromatic rings. The van der Waals surface area contributed by atoms with Crippen molar-refractivity contribution in [2.24, 2.45) is 0 Å². The van der Waals surface area contributed by atoms with Crippen molar-refractivity contribution in [3.8, 4) is 5.75 Å². The lowest BCUT2D eigenvalue weighted by Gasteiger charge is -2.32. The van der Waals surface area contributed by atoms with E-state index in [2.05, 4.69) is 5.32 Å². The van der Waals surface area contributed by atoms with Gasteiger partial charge >= 0.3 is 0 Å². The van der Waals surface area contributed by atoms with E-state index in [-0.39, 0.29) is 24.5 Å². The molecule has 2 atom stereocenters. The van der Waals surface area contributed by atoms with Crippen LogP contribution in [0.5, 0.6) is 5.75 Å². The van der Waals surface area contributed by atoms with Crippen molar-refractivity contribution in [2.75, 3.05) is 6.61 Å². The lowest BCUT2D eigenvalue weighted by Crippen LogP contribution is -2.53. The summed E-state index contributed by atoms with van der Waals surface area (Å²) in [7, 11) is 0. The van der Waals surface area contributed by atoms with Crippen LogP contribution >= 0.6 is 0 Å². The standard InChI is InChI=1S/C30H36N2O3/c1-5-24(4)31-30(34)28(19-25-11-7-6-8-12-25)32(20-26-16-14-22(2)15-17-26)29(33)21-35-27-13-9-10-23(3)18-27/h6-18,24,28H,5,19-21H2,1-4H3,(H,31,34)/t24-,28+/m1/s1. The molecule has 0 spiro atoms. The van der Waals surface area contributed by atoms with Crippen LogP contribution in [0.4, 0.5) is 0 Å². The van der Waals surface area contributed by atoms with Gasteiger partial charge in [-0.15, -0.1) is 0 Å².